The Hall–Kier alpha value is -0.000000000000000111. The van der Waals surface area contributed by atoms with Gasteiger partial charge in [-0.15, -0.1) is 0 Å². The standard InChI is InChI=1S/C13H18ClIN2/c1-17-7-2-3-11(6-8-17)16-13-5-4-10(14)9-12(13)15/h4-5,9,11,16H,2-3,6-8H2,1H3. The van der Waals surface area contributed by atoms with Gasteiger partial charge in [-0.05, 0) is 80.2 Å². The minimum atomic E-state index is 0.592. The average Bonchev–Trinajstić information content (AvgIpc) is 2.48. The molecule has 1 unspecified atom stereocenters. The molecule has 1 atom stereocenters. The molecule has 0 bridgehead atoms. The van der Waals surface area contributed by atoms with Crippen LogP contribution in [0.2, 0.25) is 5.02 Å². The predicted octanol–water partition coefficient (Wildman–Crippen LogP) is 3.84. The number of nitrogens with zero attached hydrogens (tertiary/aromatic N) is 1. The van der Waals surface area contributed by atoms with Gasteiger partial charge in [0.05, 0.1) is 0 Å². The molecule has 1 aliphatic heterocycles. The first kappa shape index (κ1) is 13.4. The van der Waals surface area contributed by atoms with Crippen LogP contribution in [-0.4, -0.2) is 31.1 Å². The highest BCUT2D eigenvalue weighted by molar-refractivity contribution is 14.1. The van der Waals surface area contributed by atoms with Crippen molar-refractivity contribution < 1.29 is 0 Å². The molecule has 0 aromatic heterocycles. The van der Waals surface area contributed by atoms with Gasteiger partial charge in [0.15, 0.2) is 0 Å². The molecule has 0 radical (unpaired) electrons. The van der Waals surface area contributed by atoms with E-state index in [0.717, 1.165) is 5.02 Å². The van der Waals surface area contributed by atoms with Gasteiger partial charge in [-0.1, -0.05) is 11.6 Å². The molecule has 2 nitrogen and oxygen atoms in total. The Balaban J connectivity index is 2.00. The third-order valence-corrected chi connectivity index (χ3v) is 4.37. The smallest absolute Gasteiger partial charge is 0.0479 e. The van der Waals surface area contributed by atoms with Gasteiger partial charge in [0.1, 0.15) is 0 Å². The van der Waals surface area contributed by atoms with Crippen LogP contribution in [0.25, 0.3) is 0 Å². The van der Waals surface area contributed by atoms with Crippen molar-refractivity contribution in [3.8, 4) is 0 Å². The monoisotopic (exact) mass is 364 g/mol. The zero-order chi connectivity index (χ0) is 12.3. The highest BCUT2D eigenvalue weighted by atomic mass is 127. The van der Waals surface area contributed by atoms with Crippen LogP contribution in [-0.2, 0) is 0 Å². The summed E-state index contributed by atoms with van der Waals surface area (Å²) in [5.74, 6) is 0. The highest BCUT2D eigenvalue weighted by Gasteiger charge is 2.15. The predicted molar refractivity (Wildman–Crippen MR) is 82.9 cm³/mol. The number of benzene rings is 1. The normalized spacial score (nSPS) is 22.2. The molecule has 0 aliphatic carbocycles. The van der Waals surface area contributed by atoms with Gasteiger partial charge in [0.2, 0.25) is 0 Å². The molecule has 4 heteroatoms. The Kier molecular flexibility index (Phi) is 4.94. The molecule has 1 heterocycles. The van der Waals surface area contributed by atoms with Crippen LogP contribution >= 0.6 is 34.2 Å². The number of halogens is 2. The lowest BCUT2D eigenvalue weighted by Gasteiger charge is -2.19. The van der Waals surface area contributed by atoms with Crippen LogP contribution in [0.5, 0.6) is 0 Å². The van der Waals surface area contributed by atoms with Gasteiger partial charge in [-0.2, -0.15) is 0 Å². The van der Waals surface area contributed by atoms with E-state index >= 15 is 0 Å². The Morgan fingerprint density at radius 2 is 2.18 bits per heavy atom. The highest BCUT2D eigenvalue weighted by Crippen LogP contribution is 2.24. The zero-order valence-corrected chi connectivity index (χ0v) is 13.0. The van der Waals surface area contributed by atoms with E-state index in [1.807, 2.05) is 12.1 Å². The second kappa shape index (κ2) is 6.25. The Labute approximate surface area is 122 Å². The maximum Gasteiger partial charge on any atom is 0.0479 e. The molecule has 1 N–H and O–H groups in total. The summed E-state index contributed by atoms with van der Waals surface area (Å²) in [6.45, 7) is 2.40. The molecule has 2 rings (SSSR count). The first-order valence-corrected chi connectivity index (χ1v) is 7.51. The summed E-state index contributed by atoms with van der Waals surface area (Å²) in [4.78, 5) is 2.41. The Bertz CT molecular complexity index is 384. The van der Waals surface area contributed by atoms with Crippen LogP contribution in [0.3, 0.4) is 0 Å². The molecular formula is C13H18ClIN2. The van der Waals surface area contributed by atoms with Gasteiger partial charge in [-0.3, -0.25) is 0 Å². The summed E-state index contributed by atoms with van der Waals surface area (Å²) in [6.07, 6.45) is 3.75. The van der Waals surface area contributed by atoms with Crippen molar-refractivity contribution in [3.63, 3.8) is 0 Å². The van der Waals surface area contributed by atoms with Crippen LogP contribution < -0.4 is 5.32 Å². The molecule has 17 heavy (non-hydrogen) atoms. The lowest BCUT2D eigenvalue weighted by molar-refractivity contribution is 0.348. The largest absolute Gasteiger partial charge is 0.381 e. The van der Waals surface area contributed by atoms with E-state index in [1.54, 1.807) is 0 Å². The van der Waals surface area contributed by atoms with Gasteiger partial charge in [-0.25, -0.2) is 0 Å². The zero-order valence-electron chi connectivity index (χ0n) is 10.0. The lowest BCUT2D eigenvalue weighted by Crippen LogP contribution is -2.23. The van der Waals surface area contributed by atoms with Crippen molar-refractivity contribution >= 4 is 39.9 Å². The van der Waals surface area contributed by atoms with Crippen LogP contribution in [0.15, 0.2) is 18.2 Å². The SMILES string of the molecule is CN1CCCC(Nc2ccc(Cl)cc2I)CC1. The molecule has 1 aliphatic rings. The van der Waals surface area contributed by atoms with Crippen molar-refractivity contribution in [1.82, 2.24) is 4.90 Å². The number of hydrogen-bond acceptors (Lipinski definition) is 2. The molecule has 1 aromatic carbocycles. The number of anilines is 1. The van der Waals surface area contributed by atoms with Crippen molar-refractivity contribution in [1.29, 1.82) is 0 Å². The summed E-state index contributed by atoms with van der Waals surface area (Å²) < 4.78 is 1.20. The molecule has 94 valence electrons. The third kappa shape index (κ3) is 4.00. The number of nitrogens with one attached hydrogen (secondary N) is 1. The summed E-state index contributed by atoms with van der Waals surface area (Å²) in [6, 6.07) is 6.63. The van der Waals surface area contributed by atoms with Crippen molar-refractivity contribution in [3.05, 3.63) is 26.8 Å². The van der Waals surface area contributed by atoms with E-state index in [9.17, 15) is 0 Å². The fourth-order valence-electron chi connectivity index (χ4n) is 2.21. The van der Waals surface area contributed by atoms with Gasteiger partial charge in [0, 0.05) is 20.3 Å². The molecule has 1 saturated heterocycles. The average molecular weight is 365 g/mol. The van der Waals surface area contributed by atoms with Crippen molar-refractivity contribution in [2.45, 2.75) is 25.3 Å². The van der Waals surface area contributed by atoms with E-state index in [0.29, 0.717) is 6.04 Å². The third-order valence-electron chi connectivity index (χ3n) is 3.24. The van der Waals surface area contributed by atoms with Crippen LogP contribution in [0.1, 0.15) is 19.3 Å². The Morgan fingerprint density at radius 1 is 1.35 bits per heavy atom. The van der Waals surface area contributed by atoms with E-state index in [-0.39, 0.29) is 0 Å². The van der Waals surface area contributed by atoms with Crippen molar-refractivity contribution in [2.24, 2.45) is 0 Å². The topological polar surface area (TPSA) is 15.3 Å². The Morgan fingerprint density at radius 3 is 2.94 bits per heavy atom. The quantitative estimate of drug-likeness (QED) is 0.802. The van der Waals surface area contributed by atoms with Gasteiger partial charge < -0.3 is 10.2 Å². The molecular weight excluding hydrogens is 347 g/mol. The molecule has 0 spiro atoms. The molecule has 1 fully saturated rings. The molecule has 0 amide bonds. The summed E-state index contributed by atoms with van der Waals surface area (Å²) >= 11 is 8.30. The number of hydrogen-bond donors (Lipinski definition) is 1. The maximum atomic E-state index is 5.97. The molecule has 1 aromatic rings. The van der Waals surface area contributed by atoms with Crippen LogP contribution in [0, 0.1) is 3.57 Å². The number of likely N-dealkylation sites (tertiary alicyclic amines) is 1. The summed E-state index contributed by atoms with van der Waals surface area (Å²) in [5.41, 5.74) is 1.21. The fourth-order valence-corrected chi connectivity index (χ4v) is 3.24. The number of rotatable bonds is 2. The first-order valence-electron chi connectivity index (χ1n) is 6.05. The minimum Gasteiger partial charge on any atom is -0.381 e. The minimum absolute atomic E-state index is 0.592. The van der Waals surface area contributed by atoms with E-state index < -0.39 is 0 Å². The van der Waals surface area contributed by atoms with E-state index in [1.165, 1.54) is 41.6 Å². The summed E-state index contributed by atoms with van der Waals surface area (Å²) in [7, 11) is 2.20. The van der Waals surface area contributed by atoms with Crippen molar-refractivity contribution in [2.75, 3.05) is 25.5 Å². The second-order valence-electron chi connectivity index (χ2n) is 4.70. The molecule has 0 saturated carbocycles. The van der Waals surface area contributed by atoms with E-state index in [4.69, 9.17) is 11.6 Å². The first-order chi connectivity index (χ1) is 8.15. The summed E-state index contributed by atoms with van der Waals surface area (Å²) in [5, 5.41) is 4.45. The lowest BCUT2D eigenvalue weighted by atomic mass is 10.1. The van der Waals surface area contributed by atoms with Gasteiger partial charge in [0.25, 0.3) is 0 Å². The van der Waals surface area contributed by atoms with Crippen LogP contribution in [0.4, 0.5) is 5.69 Å². The maximum absolute atomic E-state index is 5.97. The van der Waals surface area contributed by atoms with E-state index in [2.05, 4.69) is 45.9 Å². The van der Waals surface area contributed by atoms with Gasteiger partial charge >= 0.3 is 0 Å². The fraction of sp³-hybridized carbons (Fsp3) is 0.538. The second-order valence-corrected chi connectivity index (χ2v) is 6.30.